The Hall–Kier alpha value is -2.63. The maximum atomic E-state index is 5.83. The van der Waals surface area contributed by atoms with Crippen LogP contribution in [0.5, 0.6) is 0 Å². The molecule has 0 aromatic heterocycles. The molecule has 0 aliphatic carbocycles. The summed E-state index contributed by atoms with van der Waals surface area (Å²) in [5.41, 5.74) is 2.21. The lowest BCUT2D eigenvalue weighted by atomic mass is 9.73. The highest BCUT2D eigenvalue weighted by atomic mass is 16.6. The zero-order valence-corrected chi connectivity index (χ0v) is 16.4. The van der Waals surface area contributed by atoms with Crippen molar-refractivity contribution in [2.75, 3.05) is 26.4 Å². The molecule has 0 amide bonds. The normalized spacial score (nSPS) is 17.5. The van der Waals surface area contributed by atoms with Gasteiger partial charge in [-0.3, -0.25) is 0 Å². The Bertz CT molecular complexity index is 1290. The van der Waals surface area contributed by atoms with Crippen LogP contribution in [0.4, 0.5) is 0 Å². The lowest BCUT2D eigenvalue weighted by Gasteiger charge is -2.18. The minimum atomic E-state index is -0.287. The molecule has 7 rings (SSSR count). The van der Waals surface area contributed by atoms with E-state index in [1.54, 1.807) is 0 Å². The Morgan fingerprint density at radius 2 is 0.800 bits per heavy atom. The smallest absolute Gasteiger partial charge is 0.405 e. The first kappa shape index (κ1) is 17.1. The molecule has 2 aliphatic heterocycles. The first-order chi connectivity index (χ1) is 14.9. The van der Waals surface area contributed by atoms with Crippen molar-refractivity contribution in [1.82, 2.24) is 0 Å². The van der Waals surface area contributed by atoms with E-state index in [4.69, 9.17) is 18.6 Å². The third-order valence-corrected chi connectivity index (χ3v) is 6.48. The predicted octanol–water partition coefficient (Wildman–Crippen LogP) is 3.22. The summed E-state index contributed by atoms with van der Waals surface area (Å²) in [6.07, 6.45) is 0. The van der Waals surface area contributed by atoms with E-state index in [9.17, 15) is 0 Å². The average molecular weight is 392 g/mol. The Morgan fingerprint density at radius 1 is 0.433 bits per heavy atom. The van der Waals surface area contributed by atoms with Crippen LogP contribution in [0.2, 0.25) is 0 Å². The molecule has 30 heavy (non-hydrogen) atoms. The number of hydrogen-bond donors (Lipinski definition) is 0. The first-order valence-corrected chi connectivity index (χ1v) is 10.5. The largest absolute Gasteiger partial charge is 0.494 e. The van der Waals surface area contributed by atoms with Crippen LogP contribution >= 0.6 is 0 Å². The number of rotatable bonds is 2. The summed E-state index contributed by atoms with van der Waals surface area (Å²) in [6.45, 7) is 2.57. The number of benzene rings is 5. The van der Waals surface area contributed by atoms with Gasteiger partial charge < -0.3 is 18.6 Å². The predicted molar refractivity (Wildman–Crippen MR) is 122 cm³/mol. The van der Waals surface area contributed by atoms with E-state index in [-0.39, 0.29) is 14.2 Å². The summed E-state index contributed by atoms with van der Waals surface area (Å²) < 4.78 is 23.3. The first-order valence-electron chi connectivity index (χ1n) is 10.5. The summed E-state index contributed by atoms with van der Waals surface area (Å²) in [6, 6.07) is 21.8. The van der Waals surface area contributed by atoms with Crippen molar-refractivity contribution in [3.63, 3.8) is 0 Å². The van der Waals surface area contributed by atoms with Crippen molar-refractivity contribution in [3.8, 4) is 0 Å². The Balaban J connectivity index is 1.62. The second-order valence-electron chi connectivity index (χ2n) is 8.01. The van der Waals surface area contributed by atoms with Crippen LogP contribution in [0, 0.1) is 0 Å². The maximum absolute atomic E-state index is 5.83. The molecule has 6 heteroatoms. The number of fused-ring (bicyclic) bond motifs is 2. The lowest BCUT2D eigenvalue weighted by molar-refractivity contribution is 0.365. The molecule has 0 saturated carbocycles. The highest BCUT2D eigenvalue weighted by Crippen LogP contribution is 2.39. The summed E-state index contributed by atoms with van der Waals surface area (Å²) in [4.78, 5) is 0. The molecule has 5 aromatic rings. The van der Waals surface area contributed by atoms with E-state index < -0.39 is 0 Å². The van der Waals surface area contributed by atoms with Crippen molar-refractivity contribution >= 4 is 68.3 Å². The van der Waals surface area contributed by atoms with Crippen molar-refractivity contribution in [3.05, 3.63) is 60.7 Å². The van der Waals surface area contributed by atoms with E-state index in [2.05, 4.69) is 60.7 Å². The molecule has 2 saturated heterocycles. The van der Waals surface area contributed by atoms with E-state index in [0.29, 0.717) is 26.4 Å². The van der Waals surface area contributed by atoms with Gasteiger partial charge in [0.05, 0.1) is 26.4 Å². The molecule has 2 heterocycles. The molecule has 5 aromatic carbocycles. The molecule has 0 bridgehead atoms. The summed E-state index contributed by atoms with van der Waals surface area (Å²) in [7, 11) is -0.573. The van der Waals surface area contributed by atoms with Crippen LogP contribution in [-0.4, -0.2) is 40.7 Å². The molecule has 2 fully saturated rings. The topological polar surface area (TPSA) is 36.9 Å². The highest BCUT2D eigenvalue weighted by molar-refractivity contribution is 6.66. The summed E-state index contributed by atoms with van der Waals surface area (Å²) >= 11 is 0. The van der Waals surface area contributed by atoms with Crippen molar-refractivity contribution in [2.45, 2.75) is 0 Å². The van der Waals surface area contributed by atoms with Gasteiger partial charge in [-0.05, 0) is 54.0 Å². The fraction of sp³-hybridized carbons (Fsp3) is 0.167. The van der Waals surface area contributed by atoms with E-state index in [0.717, 1.165) is 10.9 Å². The zero-order valence-electron chi connectivity index (χ0n) is 16.4. The third-order valence-electron chi connectivity index (χ3n) is 6.48. The molecule has 2 aliphatic rings. The van der Waals surface area contributed by atoms with Crippen LogP contribution < -0.4 is 10.9 Å². The molecular formula is C24H18B2O4. The maximum Gasteiger partial charge on any atom is 0.494 e. The van der Waals surface area contributed by atoms with Crippen LogP contribution in [0.3, 0.4) is 0 Å². The minimum Gasteiger partial charge on any atom is -0.405 e. The van der Waals surface area contributed by atoms with E-state index >= 15 is 0 Å². The van der Waals surface area contributed by atoms with Crippen LogP contribution in [-0.2, 0) is 18.6 Å². The molecule has 0 spiro atoms. The van der Waals surface area contributed by atoms with Crippen LogP contribution in [0.15, 0.2) is 60.7 Å². The van der Waals surface area contributed by atoms with Gasteiger partial charge in [-0.1, -0.05) is 60.7 Å². The molecule has 0 unspecified atom stereocenters. The Morgan fingerprint density at radius 3 is 1.23 bits per heavy atom. The van der Waals surface area contributed by atoms with Gasteiger partial charge in [0.1, 0.15) is 0 Å². The molecule has 4 nitrogen and oxygen atoms in total. The van der Waals surface area contributed by atoms with Gasteiger partial charge in [-0.15, -0.1) is 0 Å². The minimum absolute atomic E-state index is 0.287. The fourth-order valence-corrected chi connectivity index (χ4v) is 5.24. The Labute approximate surface area is 174 Å². The molecular weight excluding hydrogens is 374 g/mol. The molecule has 0 radical (unpaired) electrons. The highest BCUT2D eigenvalue weighted by Gasteiger charge is 2.31. The standard InChI is InChI=1S/C24H18B2O4/c1-3-15-16-4-2-6-20-22(26-29-13-14-30-26)10-8-18(24(16)20)17-7-9-21(19(5-1)23(15)17)25-27-11-12-28-25/h1-10H,11-14H2. The van der Waals surface area contributed by atoms with Crippen molar-refractivity contribution in [2.24, 2.45) is 0 Å². The second kappa shape index (κ2) is 6.43. The quantitative estimate of drug-likeness (QED) is 0.263. The fourth-order valence-electron chi connectivity index (χ4n) is 5.24. The van der Waals surface area contributed by atoms with Crippen molar-refractivity contribution < 1.29 is 18.6 Å². The zero-order chi connectivity index (χ0) is 19.7. The number of hydrogen-bond acceptors (Lipinski definition) is 4. The van der Waals surface area contributed by atoms with E-state index in [1.165, 1.54) is 43.1 Å². The monoisotopic (exact) mass is 392 g/mol. The van der Waals surface area contributed by atoms with E-state index in [1.807, 2.05) is 0 Å². The lowest BCUT2D eigenvalue weighted by Crippen LogP contribution is -2.32. The van der Waals surface area contributed by atoms with Gasteiger partial charge >= 0.3 is 14.2 Å². The third kappa shape index (κ3) is 2.28. The van der Waals surface area contributed by atoms with Gasteiger partial charge in [-0.2, -0.15) is 0 Å². The summed E-state index contributed by atoms with van der Waals surface area (Å²) in [5.74, 6) is 0. The van der Waals surface area contributed by atoms with Gasteiger partial charge in [0.2, 0.25) is 0 Å². The second-order valence-corrected chi connectivity index (χ2v) is 8.01. The van der Waals surface area contributed by atoms with Gasteiger partial charge in [-0.25, -0.2) is 0 Å². The van der Waals surface area contributed by atoms with Crippen LogP contribution in [0.25, 0.3) is 43.1 Å². The summed E-state index contributed by atoms with van der Waals surface area (Å²) in [5, 5.41) is 9.97. The van der Waals surface area contributed by atoms with Gasteiger partial charge in [0.15, 0.2) is 0 Å². The van der Waals surface area contributed by atoms with Gasteiger partial charge in [0.25, 0.3) is 0 Å². The SMILES string of the molecule is c1cc2c(B3OCCO3)ccc3c4ccc(B5OCCO5)c5cccc(c(c1)c23)c54. The molecule has 0 atom stereocenters. The average Bonchev–Trinajstić information content (AvgIpc) is 3.51. The van der Waals surface area contributed by atoms with Crippen LogP contribution in [0.1, 0.15) is 0 Å². The van der Waals surface area contributed by atoms with Crippen molar-refractivity contribution in [1.29, 1.82) is 0 Å². The Kier molecular flexibility index (Phi) is 3.66. The molecule has 144 valence electrons. The molecule has 0 N–H and O–H groups in total. The van der Waals surface area contributed by atoms with Gasteiger partial charge in [0, 0.05) is 0 Å².